The molecule has 0 amide bonds. The zero-order chi connectivity index (χ0) is 33.8. The topological polar surface area (TPSA) is 103 Å². The lowest BCUT2D eigenvalue weighted by molar-refractivity contribution is -0.138. The number of ether oxygens (including phenoxy) is 1. The van der Waals surface area contributed by atoms with Crippen molar-refractivity contribution >= 4 is 5.97 Å². The van der Waals surface area contributed by atoms with Crippen molar-refractivity contribution in [2.75, 3.05) is 13.7 Å². The van der Waals surface area contributed by atoms with Gasteiger partial charge in [0.25, 0.3) is 5.56 Å². The summed E-state index contributed by atoms with van der Waals surface area (Å²) in [5.74, 6) is -3.77. The third-order valence-electron chi connectivity index (χ3n) is 7.30. The average Bonchev–Trinajstić information content (AvgIpc) is 3.01. The van der Waals surface area contributed by atoms with E-state index in [1.165, 1.54) is 32.2 Å². The number of benzene rings is 3. The molecule has 8 nitrogen and oxygen atoms in total. The minimum atomic E-state index is -4.97. The summed E-state index contributed by atoms with van der Waals surface area (Å²) in [7, 11) is 1.20. The van der Waals surface area contributed by atoms with E-state index in [4.69, 9.17) is 11.2 Å². The molecule has 2 N–H and O–H groups in total. The Morgan fingerprint density at radius 3 is 2.36 bits per heavy atom. The van der Waals surface area contributed by atoms with Gasteiger partial charge in [-0.05, 0) is 43.7 Å². The van der Waals surface area contributed by atoms with Crippen LogP contribution in [0.2, 0.25) is 0 Å². The van der Waals surface area contributed by atoms with Crippen LogP contribution in [0.25, 0.3) is 11.1 Å². The van der Waals surface area contributed by atoms with Gasteiger partial charge >= 0.3 is 17.8 Å². The van der Waals surface area contributed by atoms with Gasteiger partial charge in [-0.25, -0.2) is 13.6 Å². The molecule has 0 radical (unpaired) electrons. The van der Waals surface area contributed by atoms with E-state index in [0.29, 0.717) is 11.6 Å². The van der Waals surface area contributed by atoms with Gasteiger partial charge in [-0.1, -0.05) is 48.5 Å². The maximum Gasteiger partial charge on any atom is 0.416 e. The van der Waals surface area contributed by atoms with Crippen molar-refractivity contribution in [3.05, 3.63) is 122 Å². The zero-order valence-corrected chi connectivity index (χ0v) is 24.2. The van der Waals surface area contributed by atoms with Crippen LogP contribution < -0.4 is 21.3 Å². The first-order chi connectivity index (χ1) is 21.8. The summed E-state index contributed by atoms with van der Waals surface area (Å²) >= 11 is 0. The van der Waals surface area contributed by atoms with Gasteiger partial charge in [0, 0.05) is 24.6 Å². The quantitative estimate of drug-likeness (QED) is 0.199. The Labute approximate surface area is 255 Å². The van der Waals surface area contributed by atoms with Crippen molar-refractivity contribution < 1.29 is 38.0 Å². The van der Waals surface area contributed by atoms with Gasteiger partial charge in [-0.3, -0.25) is 18.7 Å². The van der Waals surface area contributed by atoms with Gasteiger partial charge in [-0.2, -0.15) is 13.2 Å². The molecule has 0 bridgehead atoms. The summed E-state index contributed by atoms with van der Waals surface area (Å²) in [6.45, 7) is -0.133. The van der Waals surface area contributed by atoms with Crippen molar-refractivity contribution in [1.29, 1.82) is 0 Å². The number of aliphatic carboxylic acids is 1. The molecule has 238 valence electrons. The Kier molecular flexibility index (Phi) is 9.77. The summed E-state index contributed by atoms with van der Waals surface area (Å²) in [5, 5.41) is 12.1. The molecule has 3 aromatic carbocycles. The molecule has 13 heteroatoms. The second-order valence-electron chi connectivity index (χ2n) is 10.1. The Hall–Kier alpha value is -4.78. The van der Waals surface area contributed by atoms with Gasteiger partial charge in [-0.15, -0.1) is 0 Å². The van der Waals surface area contributed by atoms with Crippen LogP contribution >= 0.6 is 0 Å². The number of alkyl halides is 3. The summed E-state index contributed by atoms with van der Waals surface area (Å²) in [4.78, 5) is 39.2. The maximum atomic E-state index is 15.6. The number of carboxylic acid groups (broad SMARTS) is 1. The molecule has 4 rings (SSSR count). The number of nitrogens with one attached hydrogen (secondary N) is 1. The smallest absolute Gasteiger partial charge is 0.416 e. The molecule has 1 aromatic heterocycles. The lowest BCUT2D eigenvalue weighted by atomic mass is 10.0. The van der Waals surface area contributed by atoms with Crippen LogP contribution in [-0.2, 0) is 24.1 Å². The standard InChI is InChI=1S/C32H30F5N3O5/c1-19-28(21-11-6-14-26(45-2)29(21)34)30(43)40(18-25(20-9-4-3-5-10-20)38-16-8-15-27(41)42)31(44)39(19)17-22-23(32(35,36)37)12-7-13-24(22)33/h3-7,9-14,25,38H,8,15-18H2,1-2H3,(H,41,42)/t25-/m0/s1/i15D/t15?,25-. The largest absolute Gasteiger partial charge is 0.494 e. The second kappa shape index (κ2) is 13.9. The van der Waals surface area contributed by atoms with Gasteiger partial charge < -0.3 is 15.2 Å². The third kappa shape index (κ3) is 7.31. The molecular weight excluding hydrogens is 601 g/mol. The molecule has 1 heterocycles. The highest BCUT2D eigenvalue weighted by molar-refractivity contribution is 5.68. The van der Waals surface area contributed by atoms with E-state index in [1.54, 1.807) is 30.3 Å². The monoisotopic (exact) mass is 632 g/mol. The van der Waals surface area contributed by atoms with Crippen LogP contribution in [0.4, 0.5) is 22.0 Å². The molecular formula is C32H30F5N3O5. The fraction of sp³-hybridized carbons (Fsp3) is 0.281. The number of hydrogen-bond acceptors (Lipinski definition) is 5. The molecule has 0 aliphatic rings. The van der Waals surface area contributed by atoms with Crippen LogP contribution in [-0.4, -0.2) is 33.9 Å². The highest BCUT2D eigenvalue weighted by Crippen LogP contribution is 2.34. The van der Waals surface area contributed by atoms with Crippen LogP contribution in [0.3, 0.4) is 0 Å². The first-order valence-electron chi connectivity index (χ1n) is 14.3. The van der Waals surface area contributed by atoms with Gasteiger partial charge in [0.2, 0.25) is 0 Å². The number of rotatable bonds is 12. The van der Waals surface area contributed by atoms with E-state index in [0.717, 1.165) is 21.3 Å². The Morgan fingerprint density at radius 2 is 1.71 bits per heavy atom. The predicted molar refractivity (Wildman–Crippen MR) is 156 cm³/mol. The van der Waals surface area contributed by atoms with Gasteiger partial charge in [0.05, 0.1) is 37.4 Å². The molecule has 0 saturated carbocycles. The fourth-order valence-electron chi connectivity index (χ4n) is 5.07. The Bertz CT molecular complexity index is 1840. The summed E-state index contributed by atoms with van der Waals surface area (Å²) in [6, 6.07) is 13.9. The summed E-state index contributed by atoms with van der Waals surface area (Å²) in [6.07, 6.45) is -6.55. The molecule has 0 aliphatic heterocycles. The number of halogens is 5. The van der Waals surface area contributed by atoms with E-state index in [9.17, 15) is 31.9 Å². The summed E-state index contributed by atoms with van der Waals surface area (Å²) < 4.78 is 86.5. The van der Waals surface area contributed by atoms with E-state index < -0.39 is 71.7 Å². The van der Waals surface area contributed by atoms with Crippen molar-refractivity contribution in [2.24, 2.45) is 0 Å². The molecule has 0 fully saturated rings. The lowest BCUT2D eigenvalue weighted by Crippen LogP contribution is -2.45. The average molecular weight is 633 g/mol. The van der Waals surface area contributed by atoms with Crippen molar-refractivity contribution in [3.8, 4) is 16.9 Å². The highest BCUT2D eigenvalue weighted by atomic mass is 19.4. The minimum absolute atomic E-state index is 0.0175. The predicted octanol–water partition coefficient (Wildman–Crippen LogP) is 5.54. The number of methoxy groups -OCH3 is 1. The molecule has 0 aliphatic carbocycles. The molecule has 2 atom stereocenters. The molecule has 45 heavy (non-hydrogen) atoms. The molecule has 0 saturated heterocycles. The van der Waals surface area contributed by atoms with Crippen molar-refractivity contribution in [2.45, 2.75) is 45.0 Å². The SMILES string of the molecule is [2H]C(CCN[C@@H](Cn1c(=O)c(-c2cccc(OC)c2F)c(C)n(Cc2c(F)cccc2C(F)(F)F)c1=O)c1ccccc1)C(=O)O. The normalized spacial score (nSPS) is 13.3. The Balaban J connectivity index is 1.95. The number of hydrogen-bond donors (Lipinski definition) is 2. The second-order valence-corrected chi connectivity index (χ2v) is 10.1. The van der Waals surface area contributed by atoms with Gasteiger partial charge in [0.15, 0.2) is 11.6 Å². The van der Waals surface area contributed by atoms with Crippen LogP contribution in [0, 0.1) is 18.6 Å². The van der Waals surface area contributed by atoms with Gasteiger partial charge in [0.1, 0.15) is 5.82 Å². The van der Waals surface area contributed by atoms with Crippen molar-refractivity contribution in [1.82, 2.24) is 14.5 Å². The summed E-state index contributed by atoms with van der Waals surface area (Å²) in [5.41, 5.74) is -4.53. The minimum Gasteiger partial charge on any atom is -0.494 e. The Morgan fingerprint density at radius 1 is 1.02 bits per heavy atom. The number of carboxylic acids is 1. The molecule has 0 spiro atoms. The third-order valence-corrected chi connectivity index (χ3v) is 7.30. The first-order valence-corrected chi connectivity index (χ1v) is 13.7. The lowest BCUT2D eigenvalue weighted by Gasteiger charge is -2.23. The molecule has 4 aromatic rings. The maximum absolute atomic E-state index is 15.6. The molecule has 1 unspecified atom stereocenters. The number of nitrogens with zero attached hydrogens (tertiary/aromatic N) is 2. The van der Waals surface area contributed by atoms with Crippen LogP contribution in [0.5, 0.6) is 5.75 Å². The van der Waals surface area contributed by atoms with E-state index in [1.807, 2.05) is 0 Å². The van der Waals surface area contributed by atoms with Crippen LogP contribution in [0.15, 0.2) is 76.3 Å². The van der Waals surface area contributed by atoms with E-state index >= 15 is 4.39 Å². The van der Waals surface area contributed by atoms with Crippen molar-refractivity contribution in [3.63, 3.8) is 0 Å². The van der Waals surface area contributed by atoms with E-state index in [2.05, 4.69) is 5.32 Å². The number of aromatic nitrogens is 2. The zero-order valence-electron chi connectivity index (χ0n) is 25.2. The fourth-order valence-corrected chi connectivity index (χ4v) is 5.07. The van der Waals surface area contributed by atoms with Crippen LogP contribution in [0.1, 0.15) is 42.6 Å². The first kappa shape index (κ1) is 31.6. The highest BCUT2D eigenvalue weighted by Gasteiger charge is 2.35. The number of carbonyl (C=O) groups is 1. The van der Waals surface area contributed by atoms with E-state index in [-0.39, 0.29) is 35.5 Å².